The largest absolute Gasteiger partial charge is 0.468 e. The highest BCUT2D eigenvalue weighted by Crippen LogP contribution is 2.21. The highest BCUT2D eigenvalue weighted by Gasteiger charge is 2.28. The van der Waals surface area contributed by atoms with Gasteiger partial charge in [0.15, 0.2) is 5.82 Å². The van der Waals surface area contributed by atoms with E-state index in [-0.39, 0.29) is 11.8 Å². The van der Waals surface area contributed by atoms with Gasteiger partial charge in [0.2, 0.25) is 11.8 Å². The SMILES string of the molecule is CC(C)Cc1noc(CN(C)C(=O)C2CCN(Cc3ccco3)CC2)n1. The summed E-state index contributed by atoms with van der Waals surface area (Å²) in [6, 6.07) is 3.90. The second-order valence-electron chi connectivity index (χ2n) is 7.53. The second kappa shape index (κ2) is 8.49. The average molecular weight is 360 g/mol. The van der Waals surface area contributed by atoms with Gasteiger partial charge in [-0.25, -0.2) is 0 Å². The lowest BCUT2D eigenvalue weighted by Gasteiger charge is -2.32. The van der Waals surface area contributed by atoms with Crippen LogP contribution in [0.1, 0.15) is 44.2 Å². The van der Waals surface area contributed by atoms with E-state index in [2.05, 4.69) is 28.9 Å². The number of furan rings is 1. The zero-order valence-corrected chi connectivity index (χ0v) is 15.9. The van der Waals surface area contributed by atoms with Crippen LogP contribution in [0.2, 0.25) is 0 Å². The highest BCUT2D eigenvalue weighted by atomic mass is 16.5. The first-order valence-electron chi connectivity index (χ1n) is 9.32. The minimum absolute atomic E-state index is 0.0610. The van der Waals surface area contributed by atoms with E-state index in [0.717, 1.165) is 44.7 Å². The third-order valence-electron chi connectivity index (χ3n) is 4.75. The van der Waals surface area contributed by atoms with E-state index < -0.39 is 0 Å². The van der Waals surface area contributed by atoms with Crippen LogP contribution in [0.15, 0.2) is 27.3 Å². The Hall–Kier alpha value is -2.15. The van der Waals surface area contributed by atoms with Gasteiger partial charge in [-0.3, -0.25) is 9.69 Å². The molecule has 2 aromatic heterocycles. The molecule has 1 aliphatic rings. The molecule has 7 heteroatoms. The number of rotatable bonds is 7. The molecular formula is C19H28N4O3. The first-order valence-corrected chi connectivity index (χ1v) is 9.32. The number of hydrogen-bond donors (Lipinski definition) is 0. The smallest absolute Gasteiger partial charge is 0.246 e. The summed E-state index contributed by atoms with van der Waals surface area (Å²) in [7, 11) is 1.81. The fraction of sp³-hybridized carbons (Fsp3) is 0.632. The molecule has 0 aromatic carbocycles. The van der Waals surface area contributed by atoms with Crippen molar-refractivity contribution in [2.24, 2.45) is 11.8 Å². The van der Waals surface area contributed by atoms with Crippen LogP contribution >= 0.6 is 0 Å². The van der Waals surface area contributed by atoms with Crippen molar-refractivity contribution in [2.45, 2.75) is 46.2 Å². The number of carbonyl (C=O) groups is 1. The summed E-state index contributed by atoms with van der Waals surface area (Å²) in [5, 5.41) is 3.99. The monoisotopic (exact) mass is 360 g/mol. The number of likely N-dealkylation sites (tertiary alicyclic amines) is 1. The lowest BCUT2D eigenvalue weighted by atomic mass is 9.95. The van der Waals surface area contributed by atoms with E-state index in [0.29, 0.717) is 24.2 Å². The van der Waals surface area contributed by atoms with Gasteiger partial charge in [-0.1, -0.05) is 19.0 Å². The van der Waals surface area contributed by atoms with Gasteiger partial charge in [0.05, 0.1) is 19.4 Å². The molecule has 142 valence electrons. The normalized spacial score (nSPS) is 16.3. The molecule has 0 saturated carbocycles. The Balaban J connectivity index is 1.46. The topological polar surface area (TPSA) is 75.6 Å². The quantitative estimate of drug-likeness (QED) is 0.756. The second-order valence-corrected chi connectivity index (χ2v) is 7.53. The molecule has 2 aromatic rings. The first-order chi connectivity index (χ1) is 12.5. The Morgan fingerprint density at radius 2 is 2.15 bits per heavy atom. The first kappa shape index (κ1) is 18.6. The summed E-state index contributed by atoms with van der Waals surface area (Å²) in [5.74, 6) is 2.89. The molecule has 1 saturated heterocycles. The summed E-state index contributed by atoms with van der Waals surface area (Å²) < 4.78 is 10.7. The maximum absolute atomic E-state index is 12.7. The summed E-state index contributed by atoms with van der Waals surface area (Å²) in [6.45, 7) is 7.23. The molecule has 1 aliphatic heterocycles. The van der Waals surface area contributed by atoms with Crippen LogP contribution in [0, 0.1) is 11.8 Å². The van der Waals surface area contributed by atoms with Crippen LogP contribution in [0.5, 0.6) is 0 Å². The molecule has 7 nitrogen and oxygen atoms in total. The van der Waals surface area contributed by atoms with Gasteiger partial charge >= 0.3 is 0 Å². The van der Waals surface area contributed by atoms with Gasteiger partial charge in [0.25, 0.3) is 0 Å². The summed E-state index contributed by atoms with van der Waals surface area (Å²) >= 11 is 0. The summed E-state index contributed by atoms with van der Waals surface area (Å²) in [4.78, 5) is 21.1. The predicted octanol–water partition coefficient (Wildman–Crippen LogP) is 2.73. The van der Waals surface area contributed by atoms with Crippen molar-refractivity contribution in [3.05, 3.63) is 35.9 Å². The van der Waals surface area contributed by atoms with Crippen molar-refractivity contribution in [1.82, 2.24) is 19.9 Å². The lowest BCUT2D eigenvalue weighted by Crippen LogP contribution is -2.40. The number of piperidine rings is 1. The van der Waals surface area contributed by atoms with Crippen molar-refractivity contribution in [3.8, 4) is 0 Å². The van der Waals surface area contributed by atoms with Gasteiger partial charge in [-0.05, 0) is 44.0 Å². The molecule has 0 aliphatic carbocycles. The van der Waals surface area contributed by atoms with Gasteiger partial charge in [0, 0.05) is 19.4 Å². The van der Waals surface area contributed by atoms with Gasteiger partial charge in [0.1, 0.15) is 5.76 Å². The Bertz CT molecular complexity index is 687. The van der Waals surface area contributed by atoms with Crippen LogP contribution in [-0.2, 0) is 24.3 Å². The molecule has 0 unspecified atom stereocenters. The van der Waals surface area contributed by atoms with Gasteiger partial charge < -0.3 is 13.8 Å². The van der Waals surface area contributed by atoms with E-state index in [1.54, 1.807) is 11.2 Å². The fourth-order valence-corrected chi connectivity index (χ4v) is 3.36. The molecule has 3 heterocycles. The fourth-order valence-electron chi connectivity index (χ4n) is 3.36. The number of carbonyl (C=O) groups excluding carboxylic acids is 1. The molecule has 0 atom stereocenters. The van der Waals surface area contributed by atoms with Crippen molar-refractivity contribution in [2.75, 3.05) is 20.1 Å². The zero-order valence-electron chi connectivity index (χ0n) is 15.9. The van der Waals surface area contributed by atoms with E-state index in [1.165, 1.54) is 0 Å². The molecule has 0 spiro atoms. The lowest BCUT2D eigenvalue weighted by molar-refractivity contribution is -0.136. The Kier molecular flexibility index (Phi) is 6.08. The van der Waals surface area contributed by atoms with Crippen molar-refractivity contribution in [3.63, 3.8) is 0 Å². The van der Waals surface area contributed by atoms with E-state index in [4.69, 9.17) is 8.94 Å². The third-order valence-corrected chi connectivity index (χ3v) is 4.75. The van der Waals surface area contributed by atoms with Gasteiger partial charge in [-0.15, -0.1) is 0 Å². The predicted molar refractivity (Wildman–Crippen MR) is 96.0 cm³/mol. The maximum atomic E-state index is 12.7. The van der Waals surface area contributed by atoms with Crippen LogP contribution in [0.3, 0.4) is 0 Å². The number of nitrogens with zero attached hydrogens (tertiary/aromatic N) is 4. The van der Waals surface area contributed by atoms with E-state index in [1.807, 2.05) is 19.2 Å². The average Bonchev–Trinajstić information content (AvgIpc) is 3.26. The summed E-state index contributed by atoms with van der Waals surface area (Å²) in [6.07, 6.45) is 4.22. The van der Waals surface area contributed by atoms with Crippen LogP contribution < -0.4 is 0 Å². The summed E-state index contributed by atoms with van der Waals surface area (Å²) in [5.41, 5.74) is 0. The van der Waals surface area contributed by atoms with Crippen LogP contribution in [0.25, 0.3) is 0 Å². The molecule has 1 fully saturated rings. The standard InChI is InChI=1S/C19H28N4O3/c1-14(2)11-17-20-18(26-21-17)13-22(3)19(24)15-6-8-23(9-7-15)12-16-5-4-10-25-16/h4-5,10,14-15H,6-9,11-13H2,1-3H3. The van der Waals surface area contributed by atoms with Crippen molar-refractivity contribution in [1.29, 1.82) is 0 Å². The molecule has 0 bridgehead atoms. The van der Waals surface area contributed by atoms with Crippen molar-refractivity contribution >= 4 is 5.91 Å². The van der Waals surface area contributed by atoms with E-state index in [9.17, 15) is 4.79 Å². The van der Waals surface area contributed by atoms with Crippen LogP contribution in [0.4, 0.5) is 0 Å². The highest BCUT2D eigenvalue weighted by molar-refractivity contribution is 5.78. The Morgan fingerprint density at radius 3 is 2.81 bits per heavy atom. The molecule has 0 radical (unpaired) electrons. The molecule has 3 rings (SSSR count). The van der Waals surface area contributed by atoms with Gasteiger partial charge in [-0.2, -0.15) is 4.98 Å². The Morgan fingerprint density at radius 1 is 1.38 bits per heavy atom. The Labute approximate surface area is 154 Å². The van der Waals surface area contributed by atoms with Crippen LogP contribution in [-0.4, -0.2) is 46.0 Å². The van der Waals surface area contributed by atoms with Crippen molar-refractivity contribution < 1.29 is 13.7 Å². The minimum Gasteiger partial charge on any atom is -0.468 e. The molecule has 1 amide bonds. The molecule has 0 N–H and O–H groups in total. The molecule has 26 heavy (non-hydrogen) atoms. The number of amides is 1. The number of hydrogen-bond acceptors (Lipinski definition) is 6. The number of aromatic nitrogens is 2. The third kappa shape index (κ3) is 4.94. The zero-order chi connectivity index (χ0) is 18.5. The maximum Gasteiger partial charge on any atom is 0.246 e. The van der Waals surface area contributed by atoms with E-state index >= 15 is 0 Å². The molecular weight excluding hydrogens is 332 g/mol. The minimum atomic E-state index is 0.0610.